The SMILES string of the molecule is CC[C@H](O)c1ccc(OCc2cc(Cl)ccc2F)cc1. The van der Waals surface area contributed by atoms with Crippen molar-refractivity contribution >= 4 is 11.6 Å². The van der Waals surface area contributed by atoms with E-state index in [0.717, 1.165) is 5.56 Å². The van der Waals surface area contributed by atoms with Crippen LogP contribution in [0.4, 0.5) is 4.39 Å². The molecule has 4 heteroatoms. The molecule has 0 saturated carbocycles. The van der Waals surface area contributed by atoms with Crippen molar-refractivity contribution < 1.29 is 14.2 Å². The number of aliphatic hydroxyl groups excluding tert-OH is 1. The van der Waals surface area contributed by atoms with Crippen molar-refractivity contribution in [3.8, 4) is 5.75 Å². The molecular weight excluding hydrogens is 279 g/mol. The summed E-state index contributed by atoms with van der Waals surface area (Å²) < 4.78 is 19.0. The minimum Gasteiger partial charge on any atom is -0.489 e. The minimum atomic E-state index is -0.463. The minimum absolute atomic E-state index is 0.113. The molecule has 1 N–H and O–H groups in total. The van der Waals surface area contributed by atoms with Gasteiger partial charge in [0.1, 0.15) is 18.2 Å². The molecule has 0 fully saturated rings. The zero-order valence-corrected chi connectivity index (χ0v) is 11.9. The molecule has 1 atom stereocenters. The average Bonchev–Trinajstić information content (AvgIpc) is 2.48. The maximum Gasteiger partial charge on any atom is 0.129 e. The van der Waals surface area contributed by atoms with Crippen LogP contribution < -0.4 is 4.74 Å². The van der Waals surface area contributed by atoms with Crippen molar-refractivity contribution in [3.05, 3.63) is 64.4 Å². The van der Waals surface area contributed by atoms with Crippen LogP contribution in [-0.4, -0.2) is 5.11 Å². The van der Waals surface area contributed by atoms with E-state index in [1.165, 1.54) is 12.1 Å². The zero-order valence-electron chi connectivity index (χ0n) is 11.1. The van der Waals surface area contributed by atoms with E-state index in [0.29, 0.717) is 22.8 Å². The number of halogens is 2. The van der Waals surface area contributed by atoms with Gasteiger partial charge in [-0.3, -0.25) is 0 Å². The lowest BCUT2D eigenvalue weighted by Gasteiger charge is -2.10. The summed E-state index contributed by atoms with van der Waals surface area (Å²) in [6, 6.07) is 11.5. The quantitative estimate of drug-likeness (QED) is 0.879. The van der Waals surface area contributed by atoms with Crippen molar-refractivity contribution in [1.82, 2.24) is 0 Å². The van der Waals surface area contributed by atoms with E-state index in [2.05, 4.69) is 0 Å². The number of hydrogen-bond donors (Lipinski definition) is 1. The molecule has 20 heavy (non-hydrogen) atoms. The molecule has 0 heterocycles. The van der Waals surface area contributed by atoms with Gasteiger partial charge in [-0.1, -0.05) is 30.7 Å². The maximum atomic E-state index is 13.5. The maximum absolute atomic E-state index is 13.5. The first-order valence-electron chi connectivity index (χ1n) is 6.45. The van der Waals surface area contributed by atoms with Crippen molar-refractivity contribution in [2.24, 2.45) is 0 Å². The van der Waals surface area contributed by atoms with Crippen LogP contribution in [0.3, 0.4) is 0 Å². The highest BCUT2D eigenvalue weighted by Gasteiger charge is 2.06. The second kappa shape index (κ2) is 6.73. The Morgan fingerprint density at radius 3 is 2.55 bits per heavy atom. The fourth-order valence-corrected chi connectivity index (χ4v) is 2.03. The van der Waals surface area contributed by atoms with E-state index in [4.69, 9.17) is 16.3 Å². The Kier molecular flexibility index (Phi) is 4.99. The second-order valence-corrected chi connectivity index (χ2v) is 4.95. The summed E-state index contributed by atoms with van der Waals surface area (Å²) >= 11 is 5.82. The standard InChI is InChI=1S/C16H16ClFO2/c1-2-16(19)11-3-6-14(7-4-11)20-10-12-9-13(17)5-8-15(12)18/h3-9,16,19H,2,10H2,1H3/t16-/m0/s1. The van der Waals surface area contributed by atoms with Crippen molar-refractivity contribution in [3.63, 3.8) is 0 Å². The van der Waals surface area contributed by atoms with Crippen molar-refractivity contribution in [2.45, 2.75) is 26.1 Å². The summed E-state index contributed by atoms with van der Waals surface area (Å²) in [4.78, 5) is 0. The van der Waals surface area contributed by atoms with E-state index in [1.54, 1.807) is 30.3 Å². The van der Waals surface area contributed by atoms with Gasteiger partial charge in [-0.05, 0) is 42.3 Å². The van der Waals surface area contributed by atoms with E-state index < -0.39 is 6.10 Å². The number of rotatable bonds is 5. The Morgan fingerprint density at radius 1 is 1.20 bits per heavy atom. The predicted molar refractivity (Wildman–Crippen MR) is 77.4 cm³/mol. The van der Waals surface area contributed by atoms with Gasteiger partial charge in [0.05, 0.1) is 6.10 Å². The first-order valence-corrected chi connectivity index (χ1v) is 6.82. The molecule has 2 aromatic carbocycles. The Bertz CT molecular complexity index is 569. The van der Waals surface area contributed by atoms with Crippen molar-refractivity contribution in [2.75, 3.05) is 0 Å². The first-order chi connectivity index (χ1) is 9.60. The summed E-state index contributed by atoms with van der Waals surface area (Å²) in [7, 11) is 0. The van der Waals surface area contributed by atoms with E-state index in [-0.39, 0.29) is 12.4 Å². The molecule has 0 spiro atoms. The van der Waals surface area contributed by atoms with Crippen LogP contribution in [0.1, 0.15) is 30.6 Å². The highest BCUT2D eigenvalue weighted by atomic mass is 35.5. The van der Waals surface area contributed by atoms with Gasteiger partial charge in [-0.15, -0.1) is 0 Å². The summed E-state index contributed by atoms with van der Waals surface area (Å²) in [6.07, 6.45) is 0.197. The summed E-state index contributed by atoms with van der Waals surface area (Å²) in [5.74, 6) is 0.281. The molecule has 2 rings (SSSR count). The molecule has 0 aliphatic heterocycles. The summed E-state index contributed by atoms with van der Waals surface area (Å²) in [5.41, 5.74) is 1.25. The third kappa shape index (κ3) is 3.71. The Labute approximate surface area is 122 Å². The van der Waals surface area contributed by atoms with Crippen LogP contribution in [0.15, 0.2) is 42.5 Å². The lowest BCUT2D eigenvalue weighted by atomic mass is 10.1. The lowest BCUT2D eigenvalue weighted by molar-refractivity contribution is 0.173. The molecule has 0 amide bonds. The van der Waals surface area contributed by atoms with Gasteiger partial charge in [0.25, 0.3) is 0 Å². The van der Waals surface area contributed by atoms with Crippen molar-refractivity contribution in [1.29, 1.82) is 0 Å². The van der Waals surface area contributed by atoms with Gasteiger partial charge in [0.2, 0.25) is 0 Å². The third-order valence-corrected chi connectivity index (χ3v) is 3.29. The van der Waals surface area contributed by atoms with Gasteiger partial charge < -0.3 is 9.84 Å². The molecule has 0 unspecified atom stereocenters. The summed E-state index contributed by atoms with van der Waals surface area (Å²) in [6.45, 7) is 2.03. The molecule has 0 aliphatic rings. The van der Waals surface area contributed by atoms with E-state index >= 15 is 0 Å². The topological polar surface area (TPSA) is 29.5 Å². The summed E-state index contributed by atoms with van der Waals surface area (Å²) in [5, 5.41) is 10.2. The molecule has 106 valence electrons. The first kappa shape index (κ1) is 14.8. The molecule has 0 saturated heterocycles. The number of aliphatic hydroxyl groups is 1. The normalized spacial score (nSPS) is 12.2. The zero-order chi connectivity index (χ0) is 14.5. The van der Waals surface area contributed by atoms with Gasteiger partial charge in [-0.25, -0.2) is 4.39 Å². The predicted octanol–water partition coefficient (Wildman–Crippen LogP) is 4.50. The van der Waals surface area contributed by atoms with Crippen LogP contribution in [0.5, 0.6) is 5.75 Å². The molecule has 0 radical (unpaired) electrons. The van der Waals surface area contributed by atoms with Gasteiger partial charge >= 0.3 is 0 Å². The Morgan fingerprint density at radius 2 is 1.90 bits per heavy atom. The van der Waals surface area contributed by atoms with E-state index in [9.17, 15) is 9.50 Å². The van der Waals surface area contributed by atoms with Crippen LogP contribution in [-0.2, 0) is 6.61 Å². The molecular formula is C16H16ClFO2. The largest absolute Gasteiger partial charge is 0.489 e. The number of ether oxygens (including phenoxy) is 1. The lowest BCUT2D eigenvalue weighted by Crippen LogP contribution is -1.99. The van der Waals surface area contributed by atoms with Gasteiger partial charge in [0.15, 0.2) is 0 Å². The monoisotopic (exact) mass is 294 g/mol. The van der Waals surface area contributed by atoms with Crippen LogP contribution >= 0.6 is 11.6 Å². The number of hydrogen-bond acceptors (Lipinski definition) is 2. The van der Waals surface area contributed by atoms with Gasteiger partial charge in [-0.2, -0.15) is 0 Å². The third-order valence-electron chi connectivity index (χ3n) is 3.05. The molecule has 2 nitrogen and oxygen atoms in total. The van der Waals surface area contributed by atoms with E-state index in [1.807, 2.05) is 6.92 Å². The second-order valence-electron chi connectivity index (χ2n) is 4.52. The smallest absolute Gasteiger partial charge is 0.129 e. The molecule has 2 aromatic rings. The molecule has 0 aliphatic carbocycles. The van der Waals surface area contributed by atoms with Gasteiger partial charge in [0, 0.05) is 10.6 Å². The fourth-order valence-electron chi connectivity index (χ4n) is 1.84. The molecule has 0 bridgehead atoms. The van der Waals surface area contributed by atoms with Crippen LogP contribution in [0.2, 0.25) is 5.02 Å². The Balaban J connectivity index is 2.02. The Hall–Kier alpha value is -1.58. The number of benzene rings is 2. The fraction of sp³-hybridized carbons (Fsp3) is 0.250. The molecule has 0 aromatic heterocycles. The highest BCUT2D eigenvalue weighted by molar-refractivity contribution is 6.30. The van der Waals surface area contributed by atoms with Crippen LogP contribution in [0, 0.1) is 5.82 Å². The van der Waals surface area contributed by atoms with Crippen LogP contribution in [0.25, 0.3) is 0 Å². The highest BCUT2D eigenvalue weighted by Crippen LogP contribution is 2.21. The average molecular weight is 295 g/mol.